The van der Waals surface area contributed by atoms with E-state index in [9.17, 15) is 0 Å². The SMILES string of the molecule is C[Si](C)(C)OCCOCCOCCOCCOCCOCCOCCOCCOCCOCCOCCOCCBr. The number of rotatable bonds is 36. The van der Waals surface area contributed by atoms with Gasteiger partial charge in [-0.15, -0.1) is 0 Å². The minimum Gasteiger partial charge on any atom is -0.415 e. The third-order valence-electron chi connectivity index (χ3n) is 4.70. The maximum absolute atomic E-state index is 5.71. The summed E-state index contributed by atoms with van der Waals surface area (Å²) in [6.07, 6.45) is 0. The van der Waals surface area contributed by atoms with E-state index in [1.807, 2.05) is 0 Å². The van der Waals surface area contributed by atoms with Gasteiger partial charge in [-0.2, -0.15) is 0 Å². The Kier molecular flexibility index (Phi) is 34.9. The van der Waals surface area contributed by atoms with E-state index in [0.717, 1.165) is 5.33 Å². The van der Waals surface area contributed by atoms with Gasteiger partial charge in [0.15, 0.2) is 8.32 Å². The summed E-state index contributed by atoms with van der Waals surface area (Å²) in [5.74, 6) is 0. The van der Waals surface area contributed by atoms with Crippen LogP contribution in [0.2, 0.25) is 19.6 Å². The smallest absolute Gasteiger partial charge is 0.183 e. The molecule has 41 heavy (non-hydrogen) atoms. The molecule has 0 radical (unpaired) electrons. The van der Waals surface area contributed by atoms with Crippen molar-refractivity contribution >= 4 is 24.2 Å². The van der Waals surface area contributed by atoms with Crippen LogP contribution in [0.15, 0.2) is 0 Å². The highest BCUT2D eigenvalue weighted by atomic mass is 79.9. The standard InChI is InChI=1S/C27H57BrO12Si/c1-41(2,3)40-27-26-39-25-24-38-23-22-37-21-20-36-19-18-35-17-16-34-15-14-33-13-12-32-11-10-31-9-8-30-7-6-29-5-4-28/h4-27H2,1-3H3. The van der Waals surface area contributed by atoms with E-state index in [2.05, 4.69) is 35.6 Å². The fourth-order valence-corrected chi connectivity index (χ4v) is 3.69. The third-order valence-corrected chi connectivity index (χ3v) is 6.10. The van der Waals surface area contributed by atoms with Crippen molar-refractivity contribution < 1.29 is 56.5 Å². The van der Waals surface area contributed by atoms with Crippen LogP contribution in [0.1, 0.15) is 0 Å². The average Bonchev–Trinajstić information content (AvgIpc) is 2.94. The molecule has 0 amide bonds. The lowest BCUT2D eigenvalue weighted by Gasteiger charge is -2.16. The molecule has 0 aliphatic heterocycles. The fraction of sp³-hybridized carbons (Fsp3) is 1.00. The summed E-state index contributed by atoms with van der Waals surface area (Å²) in [7, 11) is -1.45. The second kappa shape index (κ2) is 34.7. The van der Waals surface area contributed by atoms with Gasteiger partial charge >= 0.3 is 0 Å². The Morgan fingerprint density at radius 3 is 0.634 bits per heavy atom. The molecule has 0 unspecified atom stereocenters. The molecule has 0 N–H and O–H groups in total. The van der Waals surface area contributed by atoms with E-state index in [1.165, 1.54) is 0 Å². The highest BCUT2D eigenvalue weighted by Gasteiger charge is 2.13. The minimum atomic E-state index is -1.45. The quantitative estimate of drug-likeness (QED) is 0.0551. The van der Waals surface area contributed by atoms with E-state index in [-0.39, 0.29) is 0 Å². The zero-order valence-electron chi connectivity index (χ0n) is 25.7. The lowest BCUT2D eigenvalue weighted by molar-refractivity contribution is -0.0276. The van der Waals surface area contributed by atoms with Gasteiger partial charge in [0.25, 0.3) is 0 Å². The Balaban J connectivity index is 3.04. The van der Waals surface area contributed by atoms with Crippen molar-refractivity contribution in [1.29, 1.82) is 0 Å². The average molecular weight is 682 g/mol. The maximum atomic E-state index is 5.71. The zero-order valence-corrected chi connectivity index (χ0v) is 28.3. The summed E-state index contributed by atoms with van der Waals surface area (Å²) in [4.78, 5) is 0. The van der Waals surface area contributed by atoms with Crippen molar-refractivity contribution in [2.45, 2.75) is 19.6 Å². The highest BCUT2D eigenvalue weighted by molar-refractivity contribution is 9.09. The molecule has 0 aliphatic rings. The Bertz CT molecular complexity index is 492. The first-order chi connectivity index (χ1) is 20.1. The second-order valence-corrected chi connectivity index (χ2v) is 14.7. The van der Waals surface area contributed by atoms with Crippen molar-refractivity contribution in [2.75, 3.05) is 157 Å². The van der Waals surface area contributed by atoms with Crippen molar-refractivity contribution in [3.05, 3.63) is 0 Å². The number of halogens is 1. The molecular weight excluding hydrogens is 624 g/mol. The monoisotopic (exact) mass is 680 g/mol. The summed E-state index contributed by atoms with van der Waals surface area (Å²) in [6.45, 7) is 19.2. The summed E-state index contributed by atoms with van der Waals surface area (Å²) in [5.41, 5.74) is 0. The Morgan fingerprint density at radius 2 is 0.463 bits per heavy atom. The maximum Gasteiger partial charge on any atom is 0.183 e. The number of hydrogen-bond donors (Lipinski definition) is 0. The van der Waals surface area contributed by atoms with Crippen molar-refractivity contribution in [3.63, 3.8) is 0 Å². The van der Waals surface area contributed by atoms with Crippen LogP contribution in [0.5, 0.6) is 0 Å². The van der Waals surface area contributed by atoms with E-state index in [0.29, 0.717) is 152 Å². The predicted octanol–water partition coefficient (Wildman–Crippen LogP) is 2.42. The van der Waals surface area contributed by atoms with Gasteiger partial charge in [0, 0.05) is 5.33 Å². The number of hydrogen-bond acceptors (Lipinski definition) is 12. The third kappa shape index (κ3) is 40.2. The van der Waals surface area contributed by atoms with Gasteiger partial charge in [0.1, 0.15) is 0 Å². The Hall–Kier alpha value is 0.217. The summed E-state index contributed by atoms with van der Waals surface area (Å²) in [6, 6.07) is 0. The lowest BCUT2D eigenvalue weighted by atomic mass is 10.6. The van der Waals surface area contributed by atoms with Crippen LogP contribution < -0.4 is 0 Å². The molecule has 0 aromatic heterocycles. The topological polar surface area (TPSA) is 111 Å². The minimum absolute atomic E-state index is 0.519. The van der Waals surface area contributed by atoms with Crippen molar-refractivity contribution in [3.8, 4) is 0 Å². The summed E-state index contributed by atoms with van der Waals surface area (Å²) >= 11 is 3.30. The van der Waals surface area contributed by atoms with Gasteiger partial charge in [-0.25, -0.2) is 0 Å². The second-order valence-electron chi connectivity index (χ2n) is 9.39. The van der Waals surface area contributed by atoms with E-state index >= 15 is 0 Å². The molecule has 0 aromatic rings. The molecule has 0 rings (SSSR count). The molecular formula is C27H57BrO12Si. The molecule has 0 fully saturated rings. The summed E-state index contributed by atoms with van der Waals surface area (Å²) < 4.78 is 65.5. The van der Waals surface area contributed by atoms with Crippen molar-refractivity contribution in [2.24, 2.45) is 0 Å². The van der Waals surface area contributed by atoms with Gasteiger partial charge in [-0.3, -0.25) is 0 Å². The molecule has 0 saturated heterocycles. The first-order valence-corrected chi connectivity index (χ1v) is 19.1. The molecule has 12 nitrogen and oxygen atoms in total. The van der Waals surface area contributed by atoms with Crippen LogP contribution in [0, 0.1) is 0 Å². The molecule has 0 heterocycles. The largest absolute Gasteiger partial charge is 0.415 e. The fourth-order valence-electron chi connectivity index (χ4n) is 2.76. The van der Waals surface area contributed by atoms with Crippen LogP contribution in [0.3, 0.4) is 0 Å². The van der Waals surface area contributed by atoms with Crippen LogP contribution in [-0.2, 0) is 56.5 Å². The van der Waals surface area contributed by atoms with Crippen LogP contribution >= 0.6 is 15.9 Å². The molecule has 0 bridgehead atoms. The Morgan fingerprint density at radius 1 is 0.293 bits per heavy atom. The molecule has 0 aliphatic carbocycles. The molecule has 0 spiro atoms. The molecule has 0 aromatic carbocycles. The predicted molar refractivity (Wildman–Crippen MR) is 162 cm³/mol. The normalized spacial score (nSPS) is 12.0. The van der Waals surface area contributed by atoms with Crippen LogP contribution in [0.25, 0.3) is 0 Å². The van der Waals surface area contributed by atoms with Crippen LogP contribution in [0.4, 0.5) is 0 Å². The van der Waals surface area contributed by atoms with Crippen molar-refractivity contribution in [1.82, 2.24) is 0 Å². The number of ether oxygens (including phenoxy) is 11. The number of alkyl halides is 1. The lowest BCUT2D eigenvalue weighted by Crippen LogP contribution is -2.27. The van der Waals surface area contributed by atoms with Gasteiger partial charge in [-0.05, 0) is 19.6 Å². The van der Waals surface area contributed by atoms with E-state index < -0.39 is 8.32 Å². The van der Waals surface area contributed by atoms with E-state index in [4.69, 9.17) is 56.5 Å². The highest BCUT2D eigenvalue weighted by Crippen LogP contribution is 2.01. The van der Waals surface area contributed by atoms with Gasteiger partial charge in [-0.1, -0.05) is 15.9 Å². The first-order valence-electron chi connectivity index (χ1n) is 14.6. The Labute approximate surface area is 257 Å². The first kappa shape index (κ1) is 41.2. The van der Waals surface area contributed by atoms with Gasteiger partial charge < -0.3 is 56.5 Å². The van der Waals surface area contributed by atoms with Crippen LogP contribution in [-0.4, -0.2) is 166 Å². The zero-order chi connectivity index (χ0) is 30.0. The summed E-state index contributed by atoms with van der Waals surface area (Å²) in [5, 5.41) is 0.839. The molecule has 0 atom stereocenters. The van der Waals surface area contributed by atoms with Gasteiger partial charge in [0.05, 0.1) is 152 Å². The molecule has 14 heteroatoms. The van der Waals surface area contributed by atoms with Gasteiger partial charge in [0.2, 0.25) is 0 Å². The molecule has 0 saturated carbocycles. The van der Waals surface area contributed by atoms with E-state index in [1.54, 1.807) is 0 Å². The molecule has 248 valence electrons.